The molecule has 35 heavy (non-hydrogen) atoms. The highest BCUT2D eigenvalue weighted by Crippen LogP contribution is 2.33. The fourth-order valence-corrected chi connectivity index (χ4v) is 4.35. The Labute approximate surface area is 203 Å². The maximum atomic E-state index is 12.7. The van der Waals surface area contributed by atoms with Gasteiger partial charge in [0.2, 0.25) is 5.88 Å². The second-order valence-corrected chi connectivity index (χ2v) is 8.61. The van der Waals surface area contributed by atoms with Crippen LogP contribution in [0, 0.1) is 0 Å². The Bertz CT molecular complexity index is 1240. The smallest absolute Gasteiger partial charge is 0.351 e. The van der Waals surface area contributed by atoms with Gasteiger partial charge < -0.3 is 23.7 Å². The molecule has 5 rings (SSSR count). The SMILES string of the molecule is CCCC(COc1ccc2c(c1)CCn1c-2cc(OCC2COc3ncccc3O2)nc1=O)OC. The summed E-state index contributed by atoms with van der Waals surface area (Å²) < 4.78 is 30.5. The first-order valence-corrected chi connectivity index (χ1v) is 11.9. The van der Waals surface area contributed by atoms with Crippen molar-refractivity contribution >= 4 is 0 Å². The molecule has 0 saturated carbocycles. The van der Waals surface area contributed by atoms with Crippen LogP contribution in [-0.2, 0) is 17.7 Å². The summed E-state index contributed by atoms with van der Waals surface area (Å²) in [6.07, 6.45) is 4.12. The molecule has 2 unspecified atom stereocenters. The first kappa shape index (κ1) is 23.2. The lowest BCUT2D eigenvalue weighted by Gasteiger charge is -2.26. The predicted octanol–water partition coefficient (Wildman–Crippen LogP) is 3.27. The van der Waals surface area contributed by atoms with E-state index in [1.807, 2.05) is 18.2 Å². The third-order valence-corrected chi connectivity index (χ3v) is 6.18. The standard InChI is InChI=1S/C26H29N3O6/c1-3-5-19(31-2)14-32-18-7-8-21-17(12-18)9-11-29-22(21)13-24(28-26(29)30)33-15-20-16-34-25-23(35-20)6-4-10-27-25/h4,6-8,10,12-13,19-20H,3,5,9,11,14-16H2,1-2H3. The molecular formula is C26H29N3O6. The van der Waals surface area contributed by atoms with Gasteiger partial charge in [-0.2, -0.15) is 4.98 Å². The van der Waals surface area contributed by atoms with Crippen LogP contribution in [-0.4, -0.2) is 53.7 Å². The Hall–Kier alpha value is -3.59. The second-order valence-electron chi connectivity index (χ2n) is 8.61. The number of aromatic nitrogens is 3. The van der Waals surface area contributed by atoms with Gasteiger partial charge in [0.1, 0.15) is 25.6 Å². The van der Waals surface area contributed by atoms with Crippen molar-refractivity contribution in [3.05, 3.63) is 58.6 Å². The number of pyridine rings is 1. The molecule has 0 amide bonds. The van der Waals surface area contributed by atoms with Crippen molar-refractivity contribution in [2.24, 2.45) is 0 Å². The number of ether oxygens (including phenoxy) is 5. The minimum absolute atomic E-state index is 0.0735. The van der Waals surface area contributed by atoms with Crippen LogP contribution < -0.4 is 24.6 Å². The van der Waals surface area contributed by atoms with Crippen LogP contribution in [0.25, 0.3) is 11.3 Å². The lowest BCUT2D eigenvalue weighted by atomic mass is 9.97. The van der Waals surface area contributed by atoms with Crippen LogP contribution >= 0.6 is 0 Å². The molecule has 0 spiro atoms. The Morgan fingerprint density at radius 1 is 1.23 bits per heavy atom. The zero-order valence-corrected chi connectivity index (χ0v) is 19.9. The van der Waals surface area contributed by atoms with Gasteiger partial charge in [0.15, 0.2) is 11.9 Å². The average Bonchev–Trinajstić information content (AvgIpc) is 2.89. The highest BCUT2D eigenvalue weighted by molar-refractivity contribution is 5.67. The van der Waals surface area contributed by atoms with E-state index in [4.69, 9.17) is 23.7 Å². The van der Waals surface area contributed by atoms with Crippen molar-refractivity contribution in [2.45, 2.75) is 44.9 Å². The van der Waals surface area contributed by atoms with Gasteiger partial charge in [-0.25, -0.2) is 9.78 Å². The summed E-state index contributed by atoms with van der Waals surface area (Å²) in [4.78, 5) is 21.0. The van der Waals surface area contributed by atoms with Gasteiger partial charge in [-0.3, -0.25) is 4.57 Å². The quantitative estimate of drug-likeness (QED) is 0.462. The van der Waals surface area contributed by atoms with E-state index in [9.17, 15) is 4.79 Å². The Morgan fingerprint density at radius 2 is 2.14 bits per heavy atom. The van der Waals surface area contributed by atoms with Crippen LogP contribution in [0.3, 0.4) is 0 Å². The largest absolute Gasteiger partial charge is 0.491 e. The summed E-state index contributed by atoms with van der Waals surface area (Å²) in [6, 6.07) is 11.3. The summed E-state index contributed by atoms with van der Waals surface area (Å²) in [5.74, 6) is 2.10. The topological polar surface area (TPSA) is 93.9 Å². The highest BCUT2D eigenvalue weighted by Gasteiger charge is 2.24. The number of nitrogens with zero attached hydrogens (tertiary/aromatic N) is 3. The van der Waals surface area contributed by atoms with E-state index in [2.05, 4.69) is 16.9 Å². The van der Waals surface area contributed by atoms with E-state index in [1.165, 1.54) is 0 Å². The van der Waals surface area contributed by atoms with Crippen molar-refractivity contribution < 1.29 is 23.7 Å². The lowest BCUT2D eigenvalue weighted by molar-refractivity contribution is 0.0486. The summed E-state index contributed by atoms with van der Waals surface area (Å²) in [7, 11) is 1.71. The number of hydrogen-bond donors (Lipinski definition) is 0. The number of rotatable bonds is 9. The van der Waals surface area contributed by atoms with Crippen molar-refractivity contribution in [3.63, 3.8) is 0 Å². The van der Waals surface area contributed by atoms with Crippen molar-refractivity contribution in [2.75, 3.05) is 26.9 Å². The third kappa shape index (κ3) is 5.09. The van der Waals surface area contributed by atoms with Crippen molar-refractivity contribution in [1.29, 1.82) is 0 Å². The van der Waals surface area contributed by atoms with Gasteiger partial charge in [0.05, 0.1) is 11.8 Å². The molecule has 0 aliphatic carbocycles. The summed E-state index contributed by atoms with van der Waals surface area (Å²) >= 11 is 0. The minimum Gasteiger partial charge on any atom is -0.491 e. The zero-order valence-electron chi connectivity index (χ0n) is 19.9. The fourth-order valence-electron chi connectivity index (χ4n) is 4.35. The summed E-state index contributed by atoms with van der Waals surface area (Å²) in [5, 5.41) is 0. The minimum atomic E-state index is -0.332. The number of methoxy groups -OCH3 is 1. The van der Waals surface area contributed by atoms with Gasteiger partial charge in [-0.15, -0.1) is 0 Å². The maximum absolute atomic E-state index is 12.7. The zero-order chi connectivity index (χ0) is 24.2. The lowest BCUT2D eigenvalue weighted by Crippen LogP contribution is -2.35. The molecular weight excluding hydrogens is 450 g/mol. The van der Waals surface area contributed by atoms with Crippen LogP contribution in [0.5, 0.6) is 23.3 Å². The molecule has 9 heteroatoms. The molecule has 2 aromatic heterocycles. The van der Waals surface area contributed by atoms with Gasteiger partial charge in [0, 0.05) is 31.5 Å². The Morgan fingerprint density at radius 3 is 3.00 bits per heavy atom. The van der Waals surface area contributed by atoms with E-state index >= 15 is 0 Å². The molecule has 0 radical (unpaired) electrons. The number of fused-ring (bicyclic) bond motifs is 4. The Balaban J connectivity index is 1.29. The van der Waals surface area contributed by atoms with Gasteiger partial charge in [-0.05, 0) is 48.7 Å². The molecule has 184 valence electrons. The number of benzene rings is 1. The summed E-state index contributed by atoms with van der Waals surface area (Å²) in [6.45, 7) is 3.69. The second kappa shape index (κ2) is 10.4. The van der Waals surface area contributed by atoms with Gasteiger partial charge in [-0.1, -0.05) is 13.3 Å². The van der Waals surface area contributed by atoms with Crippen LogP contribution in [0.4, 0.5) is 0 Å². The molecule has 2 aliphatic rings. The van der Waals surface area contributed by atoms with Crippen LogP contribution in [0.2, 0.25) is 0 Å². The summed E-state index contributed by atoms with van der Waals surface area (Å²) in [5.41, 5.74) is 2.55. The van der Waals surface area contributed by atoms with E-state index in [-0.39, 0.29) is 30.4 Å². The molecule has 1 aromatic carbocycles. The average molecular weight is 480 g/mol. The molecule has 0 bridgehead atoms. The molecule has 0 N–H and O–H groups in total. The molecule has 2 atom stereocenters. The number of hydrogen-bond acceptors (Lipinski definition) is 8. The van der Waals surface area contributed by atoms with Crippen LogP contribution in [0.1, 0.15) is 25.3 Å². The maximum Gasteiger partial charge on any atom is 0.351 e. The predicted molar refractivity (Wildman–Crippen MR) is 128 cm³/mol. The third-order valence-electron chi connectivity index (χ3n) is 6.18. The molecule has 2 aliphatic heterocycles. The van der Waals surface area contributed by atoms with E-state index in [0.717, 1.165) is 41.8 Å². The monoisotopic (exact) mass is 479 g/mol. The molecule has 0 saturated heterocycles. The van der Waals surface area contributed by atoms with E-state index in [1.54, 1.807) is 36.1 Å². The van der Waals surface area contributed by atoms with Gasteiger partial charge >= 0.3 is 5.69 Å². The van der Waals surface area contributed by atoms with Crippen molar-refractivity contribution in [1.82, 2.24) is 14.5 Å². The van der Waals surface area contributed by atoms with Gasteiger partial charge in [0.25, 0.3) is 5.88 Å². The molecule has 9 nitrogen and oxygen atoms in total. The fraction of sp³-hybridized carbons (Fsp3) is 0.423. The van der Waals surface area contributed by atoms with Crippen molar-refractivity contribution in [3.8, 4) is 34.5 Å². The van der Waals surface area contributed by atoms with Crippen LogP contribution in [0.15, 0.2) is 47.4 Å². The van der Waals surface area contributed by atoms with E-state index < -0.39 is 0 Å². The number of aryl methyl sites for hydroxylation is 1. The first-order chi connectivity index (χ1) is 17.1. The first-order valence-electron chi connectivity index (χ1n) is 11.9. The highest BCUT2D eigenvalue weighted by atomic mass is 16.6. The normalized spacial score (nSPS) is 16.7. The van der Waals surface area contributed by atoms with E-state index in [0.29, 0.717) is 31.4 Å². The molecule has 4 heterocycles. The molecule has 0 fully saturated rings. The Kier molecular flexibility index (Phi) is 6.85. The molecule has 3 aromatic rings.